The van der Waals surface area contributed by atoms with E-state index in [-0.39, 0.29) is 12.2 Å². The highest BCUT2D eigenvalue weighted by Crippen LogP contribution is 2.29. The Morgan fingerprint density at radius 1 is 1.33 bits per heavy atom. The van der Waals surface area contributed by atoms with Crippen LogP contribution in [0.2, 0.25) is 0 Å². The van der Waals surface area contributed by atoms with E-state index in [9.17, 15) is 22.4 Å². The first kappa shape index (κ1) is 15.0. The number of benzene rings is 1. The maximum Gasteiger partial charge on any atom is 0.435 e. The maximum atomic E-state index is 13.0. The fourth-order valence-electron chi connectivity index (χ4n) is 1.74. The highest BCUT2D eigenvalue weighted by molar-refractivity contribution is 5.91. The van der Waals surface area contributed by atoms with Gasteiger partial charge in [-0.1, -0.05) is 12.1 Å². The molecular formula is C13H11F4N3O. The Kier molecular flexibility index (Phi) is 3.97. The van der Waals surface area contributed by atoms with Crippen molar-refractivity contribution in [3.05, 3.63) is 47.4 Å². The largest absolute Gasteiger partial charge is 0.435 e. The van der Waals surface area contributed by atoms with Crippen LogP contribution in [0.5, 0.6) is 0 Å². The molecule has 0 aliphatic carbocycles. The second kappa shape index (κ2) is 5.55. The molecule has 0 aliphatic rings. The summed E-state index contributed by atoms with van der Waals surface area (Å²) < 4.78 is 51.3. The fourth-order valence-corrected chi connectivity index (χ4v) is 1.74. The number of aromatic nitrogens is 2. The lowest BCUT2D eigenvalue weighted by Gasteiger charge is -2.05. The van der Waals surface area contributed by atoms with Crippen molar-refractivity contribution in [3.8, 4) is 0 Å². The van der Waals surface area contributed by atoms with Crippen LogP contribution in [0.15, 0.2) is 30.3 Å². The summed E-state index contributed by atoms with van der Waals surface area (Å²) in [6.07, 6.45) is -4.73. The Morgan fingerprint density at radius 2 is 2.05 bits per heavy atom. The first-order valence-electron chi connectivity index (χ1n) is 5.91. The number of amides is 1. The van der Waals surface area contributed by atoms with Crippen molar-refractivity contribution in [2.45, 2.75) is 12.6 Å². The molecule has 0 bridgehead atoms. The Balaban J connectivity index is 2.08. The van der Waals surface area contributed by atoms with E-state index in [4.69, 9.17) is 0 Å². The van der Waals surface area contributed by atoms with Gasteiger partial charge in [-0.25, -0.2) is 4.39 Å². The quantitative estimate of drug-likeness (QED) is 0.886. The van der Waals surface area contributed by atoms with Crippen molar-refractivity contribution in [3.63, 3.8) is 0 Å². The lowest BCUT2D eigenvalue weighted by Crippen LogP contribution is -2.16. The fraction of sp³-hybridized carbons (Fsp3) is 0.231. The summed E-state index contributed by atoms with van der Waals surface area (Å²) in [6.45, 7) is 0. The van der Waals surface area contributed by atoms with Crippen LogP contribution in [-0.2, 0) is 24.4 Å². The summed E-state index contributed by atoms with van der Waals surface area (Å²) in [7, 11) is 1.28. The number of rotatable bonds is 3. The molecule has 0 radical (unpaired) electrons. The molecule has 0 aliphatic heterocycles. The first-order valence-corrected chi connectivity index (χ1v) is 5.91. The molecule has 4 nitrogen and oxygen atoms in total. The van der Waals surface area contributed by atoms with Gasteiger partial charge in [0.25, 0.3) is 0 Å². The van der Waals surface area contributed by atoms with E-state index in [1.165, 1.54) is 25.2 Å². The van der Waals surface area contributed by atoms with Crippen LogP contribution in [0.1, 0.15) is 11.3 Å². The molecule has 1 aromatic carbocycles. The third kappa shape index (κ3) is 3.80. The van der Waals surface area contributed by atoms with Crippen LogP contribution in [0.3, 0.4) is 0 Å². The summed E-state index contributed by atoms with van der Waals surface area (Å²) in [5.41, 5.74) is -0.670. The number of hydrogen-bond acceptors (Lipinski definition) is 2. The molecule has 1 N–H and O–H groups in total. The van der Waals surface area contributed by atoms with Crippen molar-refractivity contribution in [2.24, 2.45) is 7.05 Å². The van der Waals surface area contributed by atoms with E-state index in [1.807, 2.05) is 0 Å². The zero-order valence-corrected chi connectivity index (χ0v) is 10.9. The van der Waals surface area contributed by atoms with Gasteiger partial charge in [0.1, 0.15) is 11.6 Å². The van der Waals surface area contributed by atoms with E-state index in [0.717, 1.165) is 10.7 Å². The van der Waals surface area contributed by atoms with Crippen LogP contribution in [0, 0.1) is 5.82 Å². The summed E-state index contributed by atoms with van der Waals surface area (Å²) in [5.74, 6) is -1.12. The van der Waals surface area contributed by atoms with Crippen molar-refractivity contribution in [2.75, 3.05) is 5.32 Å². The number of nitrogens with zero attached hydrogens (tertiary/aromatic N) is 2. The molecule has 21 heavy (non-hydrogen) atoms. The van der Waals surface area contributed by atoms with Gasteiger partial charge in [0, 0.05) is 13.1 Å². The summed E-state index contributed by atoms with van der Waals surface area (Å²) in [5, 5.41) is 5.58. The van der Waals surface area contributed by atoms with Gasteiger partial charge >= 0.3 is 6.18 Å². The average molecular weight is 301 g/mol. The number of carbonyl (C=O) groups is 1. The molecular weight excluding hydrogens is 290 g/mol. The van der Waals surface area contributed by atoms with Gasteiger partial charge in [-0.05, 0) is 17.7 Å². The van der Waals surface area contributed by atoms with Gasteiger partial charge in [0.2, 0.25) is 5.91 Å². The molecule has 8 heteroatoms. The Labute approximate surface area is 117 Å². The molecule has 112 valence electrons. The minimum absolute atomic E-state index is 0.0799. The molecule has 0 atom stereocenters. The lowest BCUT2D eigenvalue weighted by molar-refractivity contribution is -0.141. The van der Waals surface area contributed by atoms with Gasteiger partial charge in [0.15, 0.2) is 5.69 Å². The van der Waals surface area contributed by atoms with Crippen LogP contribution in [0.25, 0.3) is 0 Å². The van der Waals surface area contributed by atoms with Crippen molar-refractivity contribution in [1.29, 1.82) is 0 Å². The molecule has 0 unspecified atom stereocenters. The maximum absolute atomic E-state index is 13.0. The normalized spacial score (nSPS) is 11.5. The summed E-state index contributed by atoms with van der Waals surface area (Å²) >= 11 is 0. The van der Waals surface area contributed by atoms with E-state index in [1.54, 1.807) is 6.07 Å². The predicted octanol–water partition coefficient (Wildman–Crippen LogP) is 2.76. The molecule has 2 rings (SSSR count). The Hall–Kier alpha value is -2.38. The SMILES string of the molecule is Cn1nc(C(F)(F)F)cc1NC(=O)Cc1cccc(F)c1. The van der Waals surface area contributed by atoms with Crippen LogP contribution >= 0.6 is 0 Å². The summed E-state index contributed by atoms with van der Waals surface area (Å²) in [6, 6.07) is 6.16. The molecule has 1 aromatic heterocycles. The number of anilines is 1. The minimum Gasteiger partial charge on any atom is -0.311 e. The Morgan fingerprint density at radius 3 is 2.62 bits per heavy atom. The van der Waals surface area contributed by atoms with Crippen molar-refractivity contribution >= 4 is 11.7 Å². The molecule has 2 aromatic rings. The van der Waals surface area contributed by atoms with E-state index in [2.05, 4.69) is 10.4 Å². The number of nitrogens with one attached hydrogen (secondary N) is 1. The third-order valence-corrected chi connectivity index (χ3v) is 2.69. The highest BCUT2D eigenvalue weighted by Gasteiger charge is 2.34. The van der Waals surface area contributed by atoms with Crippen LogP contribution in [0.4, 0.5) is 23.4 Å². The second-order valence-corrected chi connectivity index (χ2v) is 4.39. The standard InChI is InChI=1S/C13H11F4N3O/c1-20-11(7-10(19-20)13(15,16)17)18-12(21)6-8-3-2-4-9(14)5-8/h2-5,7H,6H2,1H3,(H,18,21). The zero-order valence-electron chi connectivity index (χ0n) is 10.9. The van der Waals surface area contributed by atoms with Gasteiger partial charge < -0.3 is 5.32 Å². The predicted molar refractivity (Wildman–Crippen MR) is 66.9 cm³/mol. The van der Waals surface area contributed by atoms with E-state index in [0.29, 0.717) is 5.56 Å². The van der Waals surface area contributed by atoms with Crippen LogP contribution < -0.4 is 5.32 Å². The van der Waals surface area contributed by atoms with Crippen molar-refractivity contribution < 1.29 is 22.4 Å². The number of hydrogen-bond donors (Lipinski definition) is 1. The minimum atomic E-state index is -4.58. The van der Waals surface area contributed by atoms with Crippen molar-refractivity contribution in [1.82, 2.24) is 9.78 Å². The first-order chi connectivity index (χ1) is 9.75. The topological polar surface area (TPSA) is 46.9 Å². The van der Waals surface area contributed by atoms with Gasteiger partial charge in [-0.3, -0.25) is 9.48 Å². The van der Waals surface area contributed by atoms with Crippen LogP contribution in [-0.4, -0.2) is 15.7 Å². The molecule has 0 saturated heterocycles. The zero-order chi connectivity index (χ0) is 15.6. The Bertz CT molecular complexity index is 664. The molecule has 0 fully saturated rings. The smallest absolute Gasteiger partial charge is 0.311 e. The van der Waals surface area contributed by atoms with Gasteiger partial charge in [0.05, 0.1) is 6.42 Å². The van der Waals surface area contributed by atoms with E-state index < -0.39 is 23.6 Å². The number of carbonyl (C=O) groups excluding carboxylic acids is 1. The molecule has 1 heterocycles. The van der Waals surface area contributed by atoms with Gasteiger partial charge in [-0.15, -0.1) is 0 Å². The number of aryl methyl sites for hydroxylation is 1. The molecule has 0 spiro atoms. The molecule has 0 saturated carbocycles. The third-order valence-electron chi connectivity index (χ3n) is 2.69. The highest BCUT2D eigenvalue weighted by atomic mass is 19.4. The van der Waals surface area contributed by atoms with E-state index >= 15 is 0 Å². The average Bonchev–Trinajstić information content (AvgIpc) is 2.70. The van der Waals surface area contributed by atoms with Gasteiger partial charge in [-0.2, -0.15) is 18.3 Å². The number of alkyl halides is 3. The monoisotopic (exact) mass is 301 g/mol. The lowest BCUT2D eigenvalue weighted by atomic mass is 10.1. The number of halogens is 4. The second-order valence-electron chi connectivity index (χ2n) is 4.39. The molecule has 1 amide bonds. The summed E-state index contributed by atoms with van der Waals surface area (Å²) in [4.78, 5) is 11.7.